The van der Waals surface area contributed by atoms with Gasteiger partial charge in [0.1, 0.15) is 5.82 Å². The third-order valence-electron chi connectivity index (χ3n) is 2.59. The molecule has 0 aliphatic carbocycles. The summed E-state index contributed by atoms with van der Waals surface area (Å²) >= 11 is 1.25. The second kappa shape index (κ2) is 6.78. The van der Waals surface area contributed by atoms with Gasteiger partial charge in [-0.3, -0.25) is 4.79 Å². The molecule has 18 heavy (non-hydrogen) atoms. The first-order valence-electron chi connectivity index (χ1n) is 6.12. The van der Waals surface area contributed by atoms with Crippen molar-refractivity contribution in [1.29, 1.82) is 0 Å². The first kappa shape index (κ1) is 15.0. The molecule has 0 spiro atoms. The van der Waals surface area contributed by atoms with Gasteiger partial charge in [0.2, 0.25) is 5.91 Å². The molecular formula is C14H20FNOS. The molecule has 2 nitrogen and oxygen atoms in total. The van der Waals surface area contributed by atoms with E-state index in [0.717, 1.165) is 0 Å². The summed E-state index contributed by atoms with van der Waals surface area (Å²) in [4.78, 5) is 14.4. The minimum Gasteiger partial charge on any atom is -0.337 e. The van der Waals surface area contributed by atoms with Crippen LogP contribution in [0.5, 0.6) is 0 Å². The van der Waals surface area contributed by atoms with Crippen LogP contribution in [0.15, 0.2) is 29.2 Å². The highest BCUT2D eigenvalue weighted by atomic mass is 32.2. The van der Waals surface area contributed by atoms with Crippen LogP contribution >= 0.6 is 11.8 Å². The van der Waals surface area contributed by atoms with Crippen LogP contribution in [-0.4, -0.2) is 28.6 Å². The molecule has 0 saturated carbocycles. The molecule has 1 aromatic rings. The number of nitrogens with zero attached hydrogens (tertiary/aromatic N) is 1. The van der Waals surface area contributed by atoms with Gasteiger partial charge in [-0.15, -0.1) is 11.8 Å². The van der Waals surface area contributed by atoms with Gasteiger partial charge in [0, 0.05) is 17.0 Å². The Hall–Kier alpha value is -1.03. The van der Waals surface area contributed by atoms with Crippen molar-refractivity contribution >= 4 is 17.7 Å². The molecule has 1 aromatic carbocycles. The second-order valence-electron chi connectivity index (χ2n) is 4.71. The van der Waals surface area contributed by atoms with E-state index in [9.17, 15) is 9.18 Å². The molecule has 0 bridgehead atoms. The van der Waals surface area contributed by atoms with E-state index in [1.54, 1.807) is 18.2 Å². The quantitative estimate of drug-likeness (QED) is 0.762. The Morgan fingerprint density at radius 3 is 2.28 bits per heavy atom. The summed E-state index contributed by atoms with van der Waals surface area (Å²) in [6.45, 7) is 7.97. The minimum atomic E-state index is -0.268. The Morgan fingerprint density at radius 1 is 1.22 bits per heavy atom. The van der Waals surface area contributed by atoms with E-state index < -0.39 is 0 Å². The topological polar surface area (TPSA) is 20.3 Å². The highest BCUT2D eigenvalue weighted by Crippen LogP contribution is 2.22. The molecular weight excluding hydrogens is 249 g/mol. The lowest BCUT2D eigenvalue weighted by molar-refractivity contribution is -0.131. The fraction of sp³-hybridized carbons (Fsp3) is 0.500. The molecule has 0 heterocycles. The van der Waals surface area contributed by atoms with E-state index in [1.165, 1.54) is 17.8 Å². The number of hydrogen-bond acceptors (Lipinski definition) is 2. The van der Waals surface area contributed by atoms with Gasteiger partial charge in [-0.2, -0.15) is 0 Å². The zero-order valence-corrected chi connectivity index (χ0v) is 12.1. The minimum absolute atomic E-state index is 0.0493. The lowest BCUT2D eigenvalue weighted by atomic mass is 10.2. The molecule has 1 rings (SSSR count). The lowest BCUT2D eigenvalue weighted by Crippen LogP contribution is -2.43. The van der Waals surface area contributed by atoms with Crippen molar-refractivity contribution in [2.75, 3.05) is 5.75 Å². The number of carbonyl (C=O) groups is 1. The average molecular weight is 269 g/mol. The smallest absolute Gasteiger partial charge is 0.233 e. The van der Waals surface area contributed by atoms with Crippen molar-refractivity contribution in [1.82, 2.24) is 4.90 Å². The van der Waals surface area contributed by atoms with Crippen molar-refractivity contribution in [3.63, 3.8) is 0 Å². The Balaban J connectivity index is 2.63. The van der Waals surface area contributed by atoms with Crippen LogP contribution in [0.25, 0.3) is 0 Å². The summed E-state index contributed by atoms with van der Waals surface area (Å²) in [5.74, 6) is 0.0568. The van der Waals surface area contributed by atoms with Gasteiger partial charge in [0.05, 0.1) is 5.75 Å². The number of halogens is 1. The zero-order chi connectivity index (χ0) is 13.7. The number of thioether (sulfide) groups is 1. The first-order chi connectivity index (χ1) is 8.43. The van der Waals surface area contributed by atoms with Gasteiger partial charge in [-0.05, 0) is 39.8 Å². The maximum atomic E-state index is 13.4. The van der Waals surface area contributed by atoms with Gasteiger partial charge < -0.3 is 4.90 Å². The molecule has 1 amide bonds. The Labute approximate surface area is 113 Å². The van der Waals surface area contributed by atoms with Crippen molar-refractivity contribution < 1.29 is 9.18 Å². The van der Waals surface area contributed by atoms with Crippen molar-refractivity contribution in [2.45, 2.75) is 44.7 Å². The normalized spacial score (nSPS) is 11.1. The molecule has 0 aromatic heterocycles. The molecule has 4 heteroatoms. The predicted octanol–water partition coefficient (Wildman–Crippen LogP) is 3.56. The summed E-state index contributed by atoms with van der Waals surface area (Å²) < 4.78 is 13.4. The summed E-state index contributed by atoms with van der Waals surface area (Å²) in [5.41, 5.74) is 0. The number of rotatable bonds is 5. The Kier molecular flexibility index (Phi) is 5.66. The second-order valence-corrected chi connectivity index (χ2v) is 5.72. The summed E-state index contributed by atoms with van der Waals surface area (Å²) in [7, 11) is 0. The number of carbonyl (C=O) groups excluding carboxylic acids is 1. The van der Waals surface area contributed by atoms with Crippen molar-refractivity contribution in [3.05, 3.63) is 30.1 Å². The van der Waals surface area contributed by atoms with Crippen LogP contribution in [0.3, 0.4) is 0 Å². The maximum Gasteiger partial charge on any atom is 0.233 e. The summed E-state index contributed by atoms with van der Waals surface area (Å²) in [6, 6.07) is 6.86. The van der Waals surface area contributed by atoms with Crippen LogP contribution in [-0.2, 0) is 4.79 Å². The standard InChI is InChI=1S/C14H20FNOS/c1-10(2)16(11(3)4)14(17)9-18-13-8-6-5-7-12(13)15/h5-8,10-11H,9H2,1-4H3. The summed E-state index contributed by atoms with van der Waals surface area (Å²) in [6.07, 6.45) is 0. The monoisotopic (exact) mass is 269 g/mol. The Bertz CT molecular complexity index is 399. The molecule has 0 aliphatic rings. The molecule has 100 valence electrons. The zero-order valence-electron chi connectivity index (χ0n) is 11.3. The predicted molar refractivity (Wildman–Crippen MR) is 74.2 cm³/mol. The van der Waals surface area contributed by atoms with Gasteiger partial charge in [-0.25, -0.2) is 4.39 Å². The van der Waals surface area contributed by atoms with Crippen LogP contribution in [0.1, 0.15) is 27.7 Å². The number of hydrogen-bond donors (Lipinski definition) is 0. The maximum absolute atomic E-state index is 13.4. The van der Waals surface area contributed by atoms with Crippen molar-refractivity contribution in [2.24, 2.45) is 0 Å². The average Bonchev–Trinajstić information content (AvgIpc) is 2.27. The lowest BCUT2D eigenvalue weighted by Gasteiger charge is -2.30. The van der Waals surface area contributed by atoms with Crippen LogP contribution < -0.4 is 0 Å². The van der Waals surface area contributed by atoms with E-state index >= 15 is 0 Å². The number of amides is 1. The van der Waals surface area contributed by atoms with E-state index in [4.69, 9.17) is 0 Å². The van der Waals surface area contributed by atoms with Crippen LogP contribution in [0.4, 0.5) is 4.39 Å². The molecule has 0 N–H and O–H groups in total. The molecule has 0 atom stereocenters. The highest BCUT2D eigenvalue weighted by molar-refractivity contribution is 8.00. The van der Waals surface area contributed by atoms with E-state index in [0.29, 0.717) is 4.90 Å². The molecule has 0 aliphatic heterocycles. The molecule has 0 radical (unpaired) electrons. The van der Waals surface area contributed by atoms with Gasteiger partial charge >= 0.3 is 0 Å². The Morgan fingerprint density at radius 2 is 1.78 bits per heavy atom. The van der Waals surface area contributed by atoms with Gasteiger partial charge in [-0.1, -0.05) is 12.1 Å². The van der Waals surface area contributed by atoms with Gasteiger partial charge in [0.25, 0.3) is 0 Å². The fourth-order valence-electron chi connectivity index (χ4n) is 1.95. The third kappa shape index (κ3) is 4.02. The highest BCUT2D eigenvalue weighted by Gasteiger charge is 2.20. The number of benzene rings is 1. The third-order valence-corrected chi connectivity index (χ3v) is 3.62. The van der Waals surface area contributed by atoms with E-state index in [1.807, 2.05) is 32.6 Å². The molecule has 0 unspecified atom stereocenters. The van der Waals surface area contributed by atoms with Gasteiger partial charge in [0.15, 0.2) is 0 Å². The molecule has 0 fully saturated rings. The largest absolute Gasteiger partial charge is 0.337 e. The van der Waals surface area contributed by atoms with Crippen molar-refractivity contribution in [3.8, 4) is 0 Å². The van der Waals surface area contributed by atoms with Crippen LogP contribution in [0.2, 0.25) is 0 Å². The SMILES string of the molecule is CC(C)N(C(=O)CSc1ccccc1F)C(C)C. The van der Waals surface area contributed by atoms with Crippen LogP contribution in [0, 0.1) is 5.82 Å². The molecule has 0 saturated heterocycles. The summed E-state index contributed by atoms with van der Waals surface area (Å²) in [5, 5.41) is 0. The first-order valence-corrected chi connectivity index (χ1v) is 7.10. The fourth-order valence-corrected chi connectivity index (χ4v) is 2.76. The van der Waals surface area contributed by atoms with E-state index in [-0.39, 0.29) is 29.6 Å². The van der Waals surface area contributed by atoms with E-state index in [2.05, 4.69) is 0 Å².